The van der Waals surface area contributed by atoms with Crippen molar-refractivity contribution in [2.45, 2.75) is 17.2 Å². The number of nitrogens with zero attached hydrogens (tertiary/aromatic N) is 6. The lowest BCUT2D eigenvalue weighted by atomic mass is 10.2. The first-order valence-corrected chi connectivity index (χ1v) is 11.3. The first-order chi connectivity index (χ1) is 15.2. The highest BCUT2D eigenvalue weighted by Gasteiger charge is 2.38. The predicted octanol–water partition coefficient (Wildman–Crippen LogP) is 2.80. The zero-order valence-corrected chi connectivity index (χ0v) is 17.8. The van der Waals surface area contributed by atoms with Crippen molar-refractivity contribution in [3.8, 4) is 5.82 Å². The van der Waals surface area contributed by atoms with E-state index in [2.05, 4.69) is 19.9 Å². The number of alkyl halides is 2. The summed E-state index contributed by atoms with van der Waals surface area (Å²) in [6.07, 6.45) is 5.47. The monoisotopic (exact) mass is 459 g/mol. The van der Waals surface area contributed by atoms with Crippen LogP contribution in [0, 0.1) is 0 Å². The molecular weight excluding hydrogens is 440 g/mol. The van der Waals surface area contributed by atoms with Gasteiger partial charge in [-0.3, -0.25) is 9.40 Å². The van der Waals surface area contributed by atoms with Gasteiger partial charge in [-0.05, 0) is 12.1 Å². The van der Waals surface area contributed by atoms with Crippen molar-refractivity contribution in [1.29, 1.82) is 0 Å². The molecule has 166 valence electrons. The van der Waals surface area contributed by atoms with Crippen LogP contribution < -0.4 is 9.62 Å². The second-order valence-electron chi connectivity index (χ2n) is 7.64. The molecule has 0 atom stereocenters. The Hall–Kier alpha value is -3.54. The van der Waals surface area contributed by atoms with Crippen molar-refractivity contribution in [3.05, 3.63) is 55.1 Å². The van der Waals surface area contributed by atoms with E-state index < -0.39 is 15.9 Å². The maximum absolute atomic E-state index is 13.6. The largest absolute Gasteiger partial charge is 0.365 e. The van der Waals surface area contributed by atoms with E-state index >= 15 is 0 Å². The number of halogens is 2. The Morgan fingerprint density at radius 2 is 2.00 bits per heavy atom. The Kier molecular flexibility index (Phi) is 4.62. The number of anilines is 2. The van der Waals surface area contributed by atoms with Crippen LogP contribution in [0.3, 0.4) is 0 Å². The number of benzene rings is 1. The van der Waals surface area contributed by atoms with Crippen LogP contribution in [0.5, 0.6) is 0 Å². The van der Waals surface area contributed by atoms with Gasteiger partial charge in [0.05, 0.1) is 36.3 Å². The summed E-state index contributed by atoms with van der Waals surface area (Å²) in [6.45, 7) is -0.128. The average molecular weight is 459 g/mol. The van der Waals surface area contributed by atoms with Gasteiger partial charge < -0.3 is 4.90 Å². The van der Waals surface area contributed by atoms with Crippen LogP contribution in [-0.2, 0) is 17.1 Å². The van der Waals surface area contributed by atoms with Gasteiger partial charge in [0.25, 0.3) is 15.9 Å². The van der Waals surface area contributed by atoms with Crippen LogP contribution in [0.1, 0.15) is 6.42 Å². The normalized spacial score (nSPS) is 16.0. The zero-order chi connectivity index (χ0) is 22.5. The molecule has 1 aromatic carbocycles. The maximum Gasteiger partial charge on any atom is 0.266 e. The molecule has 32 heavy (non-hydrogen) atoms. The Balaban J connectivity index is 1.42. The zero-order valence-electron chi connectivity index (χ0n) is 17.0. The lowest BCUT2D eigenvalue weighted by Gasteiger charge is -2.18. The lowest BCUT2D eigenvalue weighted by Crippen LogP contribution is -2.25. The third-order valence-electron chi connectivity index (χ3n) is 5.37. The molecule has 1 N–H and O–H groups in total. The highest BCUT2D eigenvalue weighted by Crippen LogP contribution is 2.31. The van der Waals surface area contributed by atoms with Crippen molar-refractivity contribution < 1.29 is 17.2 Å². The number of rotatable bonds is 5. The van der Waals surface area contributed by atoms with E-state index in [1.165, 1.54) is 23.3 Å². The summed E-state index contributed by atoms with van der Waals surface area (Å²) in [5, 5.41) is 9.07. The van der Waals surface area contributed by atoms with Gasteiger partial charge in [-0.2, -0.15) is 10.2 Å². The van der Waals surface area contributed by atoms with Crippen molar-refractivity contribution in [2.75, 3.05) is 22.7 Å². The Morgan fingerprint density at radius 3 is 2.78 bits per heavy atom. The fourth-order valence-corrected chi connectivity index (χ4v) is 4.77. The number of aryl methyl sites for hydroxylation is 1. The van der Waals surface area contributed by atoms with Crippen LogP contribution in [0.15, 0.2) is 60.0 Å². The van der Waals surface area contributed by atoms with Crippen LogP contribution >= 0.6 is 0 Å². The summed E-state index contributed by atoms with van der Waals surface area (Å²) >= 11 is 0. The minimum atomic E-state index is -3.94. The Morgan fingerprint density at radius 1 is 1.16 bits per heavy atom. The second kappa shape index (κ2) is 7.26. The molecule has 4 aromatic rings. The molecule has 0 aliphatic carbocycles. The van der Waals surface area contributed by atoms with Crippen LogP contribution in [0.25, 0.3) is 16.7 Å². The number of nitrogens with one attached hydrogen (secondary N) is 1. The van der Waals surface area contributed by atoms with E-state index in [1.807, 2.05) is 6.07 Å². The quantitative estimate of drug-likeness (QED) is 0.493. The fourth-order valence-electron chi connectivity index (χ4n) is 3.78. The van der Waals surface area contributed by atoms with Crippen molar-refractivity contribution >= 4 is 32.3 Å². The maximum atomic E-state index is 13.6. The molecule has 0 radical (unpaired) electrons. The number of pyridine rings is 1. The molecule has 4 heterocycles. The summed E-state index contributed by atoms with van der Waals surface area (Å²) in [7, 11) is -2.21. The SMILES string of the molecule is Cn1ncc2cccc(NS(=O)(=O)c3cnn(-c4cc(N5CCC(F)(F)C5)ccn4)c3)c21. The molecule has 5 rings (SSSR count). The minimum Gasteiger partial charge on any atom is -0.365 e. The fraction of sp³-hybridized carbons (Fsp3) is 0.250. The molecule has 0 spiro atoms. The summed E-state index contributed by atoms with van der Waals surface area (Å²) in [6, 6.07) is 8.48. The number of sulfonamides is 1. The highest BCUT2D eigenvalue weighted by molar-refractivity contribution is 7.92. The number of hydrogen-bond acceptors (Lipinski definition) is 6. The third kappa shape index (κ3) is 3.66. The first-order valence-electron chi connectivity index (χ1n) is 9.79. The molecule has 1 aliphatic rings. The molecule has 1 saturated heterocycles. The molecule has 0 saturated carbocycles. The van der Waals surface area contributed by atoms with Gasteiger partial charge in [0, 0.05) is 43.4 Å². The minimum absolute atomic E-state index is 0.0587. The van der Waals surface area contributed by atoms with Gasteiger partial charge in [0.2, 0.25) is 0 Å². The highest BCUT2D eigenvalue weighted by atomic mass is 32.2. The van der Waals surface area contributed by atoms with Crippen LogP contribution in [-0.4, -0.2) is 52.0 Å². The average Bonchev–Trinajstić information content (AvgIpc) is 3.47. The van der Waals surface area contributed by atoms with Crippen LogP contribution in [0.2, 0.25) is 0 Å². The van der Waals surface area contributed by atoms with E-state index in [0.717, 1.165) is 5.39 Å². The Labute approximate surface area is 182 Å². The second-order valence-corrected chi connectivity index (χ2v) is 9.32. The Bertz CT molecular complexity index is 1410. The number of fused-ring (bicyclic) bond motifs is 1. The van der Waals surface area contributed by atoms with E-state index in [-0.39, 0.29) is 24.4 Å². The molecule has 12 heteroatoms. The summed E-state index contributed by atoms with van der Waals surface area (Å²) in [4.78, 5) is 5.71. The third-order valence-corrected chi connectivity index (χ3v) is 6.69. The summed E-state index contributed by atoms with van der Waals surface area (Å²) in [5.41, 5.74) is 1.62. The molecular formula is C20H19F2N7O2S. The van der Waals surface area contributed by atoms with Crippen LogP contribution in [0.4, 0.5) is 20.2 Å². The van der Waals surface area contributed by atoms with Gasteiger partial charge in [-0.25, -0.2) is 26.9 Å². The number of aromatic nitrogens is 5. The molecule has 3 aromatic heterocycles. The summed E-state index contributed by atoms with van der Waals surface area (Å²) in [5.74, 6) is -2.40. The molecule has 1 aliphatic heterocycles. The molecule has 0 unspecified atom stereocenters. The van der Waals surface area contributed by atoms with E-state index in [4.69, 9.17) is 0 Å². The smallest absolute Gasteiger partial charge is 0.266 e. The lowest BCUT2D eigenvalue weighted by molar-refractivity contribution is 0.0257. The van der Waals surface area contributed by atoms with E-state index in [0.29, 0.717) is 22.7 Å². The molecule has 9 nitrogen and oxygen atoms in total. The summed E-state index contributed by atoms with van der Waals surface area (Å²) < 4.78 is 58.5. The molecule has 0 amide bonds. The van der Waals surface area contributed by atoms with Gasteiger partial charge in [-0.15, -0.1) is 0 Å². The van der Waals surface area contributed by atoms with Gasteiger partial charge in [0.15, 0.2) is 5.82 Å². The van der Waals surface area contributed by atoms with Gasteiger partial charge in [0.1, 0.15) is 4.90 Å². The van der Waals surface area contributed by atoms with E-state index in [1.54, 1.807) is 47.1 Å². The number of para-hydroxylation sites is 1. The standard InChI is InChI=1S/C20H19F2N7O2S/c1-27-19-14(10-24-27)3-2-4-17(19)26-32(30,31)16-11-25-29(12-16)18-9-15(5-7-23-18)28-8-6-20(21,22)13-28/h2-5,7,9-12,26H,6,8,13H2,1H3. The van der Waals surface area contributed by atoms with Crippen molar-refractivity contribution in [1.82, 2.24) is 24.5 Å². The predicted molar refractivity (Wildman–Crippen MR) is 115 cm³/mol. The van der Waals surface area contributed by atoms with E-state index in [9.17, 15) is 17.2 Å². The van der Waals surface area contributed by atoms with Crippen molar-refractivity contribution in [3.63, 3.8) is 0 Å². The van der Waals surface area contributed by atoms with Gasteiger partial charge in [-0.1, -0.05) is 12.1 Å². The van der Waals surface area contributed by atoms with Gasteiger partial charge >= 0.3 is 0 Å². The molecule has 0 bridgehead atoms. The topological polar surface area (TPSA) is 97.9 Å². The first kappa shape index (κ1) is 20.4. The molecule has 1 fully saturated rings. The van der Waals surface area contributed by atoms with Crippen molar-refractivity contribution in [2.24, 2.45) is 7.05 Å². The number of hydrogen-bond donors (Lipinski definition) is 1.